The van der Waals surface area contributed by atoms with Crippen LogP contribution in [0.4, 0.5) is 26.3 Å². The normalized spacial score (nSPS) is 11.8. The second kappa shape index (κ2) is 7.25. The Labute approximate surface area is 148 Å². The largest absolute Gasteiger partial charge is 0.573 e. The fourth-order valence-corrected chi connectivity index (χ4v) is 2.10. The molecule has 0 saturated carbocycles. The molecule has 11 heteroatoms. The summed E-state index contributed by atoms with van der Waals surface area (Å²) in [5.74, 6) is -3.51. The van der Waals surface area contributed by atoms with Crippen LogP contribution in [0.5, 0.6) is 23.0 Å². The third-order valence-corrected chi connectivity index (χ3v) is 3.17. The van der Waals surface area contributed by atoms with Crippen LogP contribution in [0, 0.1) is 0 Å². The molecule has 0 spiro atoms. The van der Waals surface area contributed by atoms with Crippen LogP contribution in [0.3, 0.4) is 0 Å². The zero-order valence-electron chi connectivity index (χ0n) is 13.4. The van der Waals surface area contributed by atoms with E-state index in [-0.39, 0.29) is 11.5 Å². The zero-order chi connectivity index (χ0) is 20.4. The van der Waals surface area contributed by atoms with Crippen LogP contribution in [-0.4, -0.2) is 19.4 Å². The number of benzene rings is 2. The summed E-state index contributed by atoms with van der Waals surface area (Å²) in [5, 5.41) is 0. The number of carbonyl (C=O) groups is 1. The number of amides is 1. The van der Waals surface area contributed by atoms with E-state index in [0.717, 1.165) is 37.4 Å². The van der Waals surface area contributed by atoms with Crippen LogP contribution >= 0.6 is 0 Å². The molecule has 0 aliphatic rings. The van der Waals surface area contributed by atoms with E-state index in [1.807, 2.05) is 0 Å². The average Bonchev–Trinajstić information content (AvgIpc) is 2.53. The van der Waals surface area contributed by atoms with Crippen LogP contribution < -0.4 is 19.9 Å². The number of rotatable bonds is 5. The molecule has 0 heterocycles. The fraction of sp³-hybridized carbons (Fsp3) is 0.188. The number of hydrogen-bond donors (Lipinski definition) is 1. The van der Waals surface area contributed by atoms with Crippen molar-refractivity contribution in [3.05, 3.63) is 47.5 Å². The summed E-state index contributed by atoms with van der Waals surface area (Å²) in [4.78, 5) is 11.5. The number of nitrogens with two attached hydrogens (primary N) is 1. The van der Waals surface area contributed by atoms with Gasteiger partial charge in [0, 0.05) is 6.07 Å². The van der Waals surface area contributed by atoms with Gasteiger partial charge in [0.05, 0.1) is 18.2 Å². The van der Waals surface area contributed by atoms with Crippen LogP contribution in [0.2, 0.25) is 0 Å². The molecule has 0 saturated heterocycles. The summed E-state index contributed by atoms with van der Waals surface area (Å²) in [6.45, 7) is 0. The summed E-state index contributed by atoms with van der Waals surface area (Å²) >= 11 is 0. The van der Waals surface area contributed by atoms with E-state index >= 15 is 0 Å². The number of para-hydroxylation sites is 1. The number of methoxy groups -OCH3 is 1. The molecule has 0 fully saturated rings. The number of ether oxygens (including phenoxy) is 3. The van der Waals surface area contributed by atoms with Crippen LogP contribution in [0.25, 0.3) is 0 Å². The molecule has 0 radical (unpaired) electrons. The Kier molecular flexibility index (Phi) is 5.43. The molecule has 146 valence electrons. The molecule has 2 N–H and O–H groups in total. The number of hydrogen-bond acceptors (Lipinski definition) is 4. The molecule has 0 atom stereocenters. The predicted octanol–water partition coefficient (Wildman–Crippen LogP) is 4.50. The number of halogens is 6. The Morgan fingerprint density at radius 3 is 2.19 bits per heavy atom. The van der Waals surface area contributed by atoms with E-state index in [0.29, 0.717) is 6.07 Å². The van der Waals surface area contributed by atoms with Gasteiger partial charge in [0.25, 0.3) is 5.91 Å². The van der Waals surface area contributed by atoms with Crippen molar-refractivity contribution < 1.29 is 45.3 Å². The third kappa shape index (κ3) is 4.96. The van der Waals surface area contributed by atoms with Crippen LogP contribution in [0.1, 0.15) is 15.9 Å². The lowest BCUT2D eigenvalue weighted by molar-refractivity contribution is -0.274. The zero-order valence-corrected chi connectivity index (χ0v) is 13.4. The predicted molar refractivity (Wildman–Crippen MR) is 79.7 cm³/mol. The monoisotopic (exact) mass is 395 g/mol. The van der Waals surface area contributed by atoms with Gasteiger partial charge in [0.2, 0.25) is 0 Å². The van der Waals surface area contributed by atoms with Gasteiger partial charge < -0.3 is 19.9 Å². The summed E-state index contributed by atoms with van der Waals surface area (Å²) in [5.41, 5.74) is 3.22. The first-order chi connectivity index (χ1) is 12.4. The third-order valence-electron chi connectivity index (χ3n) is 3.17. The molecule has 27 heavy (non-hydrogen) atoms. The summed E-state index contributed by atoms with van der Waals surface area (Å²) in [6, 6.07) is 5.12. The molecule has 0 aromatic heterocycles. The van der Waals surface area contributed by atoms with Crippen molar-refractivity contribution in [3.63, 3.8) is 0 Å². The smallest absolute Gasteiger partial charge is 0.493 e. The molecule has 1 amide bonds. The fourth-order valence-electron chi connectivity index (χ4n) is 2.10. The summed E-state index contributed by atoms with van der Waals surface area (Å²) in [6.07, 6.45) is -9.86. The van der Waals surface area contributed by atoms with Crippen molar-refractivity contribution in [2.45, 2.75) is 12.5 Å². The molecule has 0 aliphatic heterocycles. The minimum absolute atomic E-state index is 0.357. The lowest BCUT2D eigenvalue weighted by Crippen LogP contribution is -2.17. The minimum atomic E-state index is -4.98. The number of primary amides is 1. The molecule has 0 bridgehead atoms. The van der Waals surface area contributed by atoms with E-state index in [1.54, 1.807) is 0 Å². The lowest BCUT2D eigenvalue weighted by Gasteiger charge is -2.18. The van der Waals surface area contributed by atoms with Crippen molar-refractivity contribution >= 4 is 5.91 Å². The number of alkyl halides is 6. The van der Waals surface area contributed by atoms with Crippen molar-refractivity contribution in [2.24, 2.45) is 5.73 Å². The Morgan fingerprint density at radius 1 is 1.00 bits per heavy atom. The van der Waals surface area contributed by atoms with Gasteiger partial charge in [-0.3, -0.25) is 4.79 Å². The minimum Gasteiger partial charge on any atom is -0.493 e. The van der Waals surface area contributed by atoms with E-state index in [2.05, 4.69) is 4.74 Å². The van der Waals surface area contributed by atoms with Crippen molar-refractivity contribution in [2.75, 3.05) is 7.11 Å². The molecule has 2 rings (SSSR count). The van der Waals surface area contributed by atoms with Crippen LogP contribution in [0.15, 0.2) is 36.4 Å². The Bertz CT molecular complexity index is 848. The highest BCUT2D eigenvalue weighted by Gasteiger charge is 2.37. The van der Waals surface area contributed by atoms with Gasteiger partial charge in [0.1, 0.15) is 5.75 Å². The van der Waals surface area contributed by atoms with E-state index in [9.17, 15) is 31.1 Å². The van der Waals surface area contributed by atoms with Crippen molar-refractivity contribution in [1.29, 1.82) is 0 Å². The standard InChI is InChI=1S/C16H11F6NO4/c1-25-12-7-8(27-16(20,21)22)5-6-11(12)26-13-9(14(23)24)3-2-4-10(13)15(17,18)19/h2-7H,1H3,(H2,23,24). The lowest BCUT2D eigenvalue weighted by atomic mass is 10.1. The van der Waals surface area contributed by atoms with Gasteiger partial charge in [-0.2, -0.15) is 13.2 Å². The van der Waals surface area contributed by atoms with Gasteiger partial charge >= 0.3 is 12.5 Å². The Hall–Kier alpha value is -3.11. The molecule has 2 aromatic rings. The highest BCUT2D eigenvalue weighted by molar-refractivity contribution is 5.96. The first-order valence-corrected chi connectivity index (χ1v) is 7.04. The molecule has 5 nitrogen and oxygen atoms in total. The molecular formula is C16H11F6NO4. The SMILES string of the molecule is COc1cc(OC(F)(F)F)ccc1Oc1c(C(N)=O)cccc1C(F)(F)F. The number of carbonyl (C=O) groups excluding carboxylic acids is 1. The topological polar surface area (TPSA) is 70.8 Å². The van der Waals surface area contributed by atoms with Crippen LogP contribution in [-0.2, 0) is 6.18 Å². The van der Waals surface area contributed by atoms with Gasteiger partial charge in [-0.05, 0) is 24.3 Å². The highest BCUT2D eigenvalue weighted by Crippen LogP contribution is 2.43. The van der Waals surface area contributed by atoms with Gasteiger partial charge in [-0.1, -0.05) is 6.07 Å². The molecule has 2 aromatic carbocycles. The average molecular weight is 395 g/mol. The Morgan fingerprint density at radius 2 is 1.67 bits per heavy atom. The molecular weight excluding hydrogens is 384 g/mol. The van der Waals surface area contributed by atoms with E-state index < -0.39 is 41.1 Å². The Balaban J connectivity index is 2.52. The maximum absolute atomic E-state index is 13.2. The van der Waals surface area contributed by atoms with Gasteiger partial charge in [-0.25, -0.2) is 0 Å². The maximum Gasteiger partial charge on any atom is 0.573 e. The second-order valence-electron chi connectivity index (χ2n) is 5.01. The molecule has 0 aliphatic carbocycles. The van der Waals surface area contributed by atoms with Crippen molar-refractivity contribution in [1.82, 2.24) is 0 Å². The van der Waals surface area contributed by atoms with E-state index in [1.165, 1.54) is 0 Å². The first kappa shape index (κ1) is 20.2. The van der Waals surface area contributed by atoms with Gasteiger partial charge in [-0.15, -0.1) is 13.2 Å². The van der Waals surface area contributed by atoms with Crippen molar-refractivity contribution in [3.8, 4) is 23.0 Å². The van der Waals surface area contributed by atoms with E-state index in [4.69, 9.17) is 15.2 Å². The van der Waals surface area contributed by atoms with Gasteiger partial charge in [0.15, 0.2) is 17.2 Å². The quantitative estimate of drug-likeness (QED) is 0.757. The highest BCUT2D eigenvalue weighted by atomic mass is 19.4. The summed E-state index contributed by atoms with van der Waals surface area (Å²) < 4.78 is 90.2. The first-order valence-electron chi connectivity index (χ1n) is 7.04. The second-order valence-corrected chi connectivity index (χ2v) is 5.01. The maximum atomic E-state index is 13.2. The summed E-state index contributed by atoms with van der Waals surface area (Å²) in [7, 11) is 1.06. The molecule has 0 unspecified atom stereocenters.